The molecule has 0 aliphatic heterocycles. The number of hydrogen-bond acceptors (Lipinski definition) is 5. The molecule has 4 rings (SSSR count). The summed E-state index contributed by atoms with van der Waals surface area (Å²) in [4.78, 5) is 21.3. The SMILES string of the molecule is Cc1ccccc1C(Cc1cnc(Nc2ccccc2)nc1Nc1ccccc1)C(=O)O. The minimum absolute atomic E-state index is 0.265. The van der Waals surface area contributed by atoms with Crippen molar-refractivity contribution in [3.8, 4) is 0 Å². The first-order valence-corrected chi connectivity index (χ1v) is 10.4. The fourth-order valence-corrected chi connectivity index (χ4v) is 3.56. The van der Waals surface area contributed by atoms with E-state index in [-0.39, 0.29) is 6.42 Å². The van der Waals surface area contributed by atoms with Crippen molar-refractivity contribution < 1.29 is 9.90 Å². The molecule has 1 aromatic heterocycles. The number of aryl methyl sites for hydroxylation is 1. The molecule has 0 fully saturated rings. The summed E-state index contributed by atoms with van der Waals surface area (Å²) in [5.41, 5.74) is 4.19. The number of aromatic nitrogens is 2. The topological polar surface area (TPSA) is 87.1 Å². The van der Waals surface area contributed by atoms with Crippen molar-refractivity contribution in [3.63, 3.8) is 0 Å². The van der Waals surface area contributed by atoms with Crippen LogP contribution >= 0.6 is 0 Å². The molecule has 1 atom stereocenters. The molecule has 0 aliphatic carbocycles. The van der Waals surface area contributed by atoms with E-state index >= 15 is 0 Å². The number of carboxylic acids is 1. The second-order valence-corrected chi connectivity index (χ2v) is 7.50. The maximum absolute atomic E-state index is 12.2. The highest BCUT2D eigenvalue weighted by Gasteiger charge is 2.24. The highest BCUT2D eigenvalue weighted by atomic mass is 16.4. The Bertz CT molecular complexity index is 1200. The Morgan fingerprint density at radius 2 is 1.47 bits per heavy atom. The van der Waals surface area contributed by atoms with Gasteiger partial charge in [-0.1, -0.05) is 60.7 Å². The highest BCUT2D eigenvalue weighted by molar-refractivity contribution is 5.77. The number of benzene rings is 3. The van der Waals surface area contributed by atoms with Crippen LogP contribution in [0, 0.1) is 6.92 Å². The average Bonchev–Trinajstić information content (AvgIpc) is 2.80. The van der Waals surface area contributed by atoms with Gasteiger partial charge in [0.2, 0.25) is 5.95 Å². The van der Waals surface area contributed by atoms with Gasteiger partial charge in [-0.15, -0.1) is 0 Å². The summed E-state index contributed by atoms with van der Waals surface area (Å²) in [6.07, 6.45) is 1.96. The van der Waals surface area contributed by atoms with E-state index in [4.69, 9.17) is 0 Å². The zero-order chi connectivity index (χ0) is 22.3. The molecule has 4 aromatic rings. The van der Waals surface area contributed by atoms with Crippen molar-refractivity contribution in [2.45, 2.75) is 19.3 Å². The zero-order valence-corrected chi connectivity index (χ0v) is 17.7. The van der Waals surface area contributed by atoms with Crippen LogP contribution in [0.2, 0.25) is 0 Å². The molecule has 1 heterocycles. The van der Waals surface area contributed by atoms with E-state index in [9.17, 15) is 9.90 Å². The van der Waals surface area contributed by atoms with Crippen molar-refractivity contribution in [1.29, 1.82) is 0 Å². The molecule has 1 unspecified atom stereocenters. The number of anilines is 4. The molecule has 0 amide bonds. The normalized spacial score (nSPS) is 11.5. The molecule has 32 heavy (non-hydrogen) atoms. The van der Waals surface area contributed by atoms with Gasteiger partial charge in [-0.05, 0) is 48.7 Å². The number of aliphatic carboxylic acids is 1. The van der Waals surface area contributed by atoms with Gasteiger partial charge in [0, 0.05) is 23.1 Å². The summed E-state index contributed by atoms with van der Waals surface area (Å²) in [5, 5.41) is 16.5. The molecular formula is C26H24N4O2. The molecule has 3 aromatic carbocycles. The molecule has 0 saturated carbocycles. The van der Waals surface area contributed by atoms with Gasteiger partial charge in [-0.2, -0.15) is 4.98 Å². The lowest BCUT2D eigenvalue weighted by molar-refractivity contribution is -0.138. The van der Waals surface area contributed by atoms with Gasteiger partial charge >= 0.3 is 5.97 Å². The van der Waals surface area contributed by atoms with Gasteiger partial charge in [0.15, 0.2) is 0 Å². The van der Waals surface area contributed by atoms with Crippen LogP contribution < -0.4 is 10.6 Å². The van der Waals surface area contributed by atoms with Crippen molar-refractivity contribution in [2.75, 3.05) is 10.6 Å². The van der Waals surface area contributed by atoms with E-state index in [0.29, 0.717) is 11.8 Å². The maximum Gasteiger partial charge on any atom is 0.311 e. The molecule has 6 nitrogen and oxygen atoms in total. The second kappa shape index (κ2) is 9.75. The Labute approximate surface area is 187 Å². The molecule has 160 valence electrons. The van der Waals surface area contributed by atoms with Crippen LogP contribution in [0.15, 0.2) is 91.1 Å². The zero-order valence-electron chi connectivity index (χ0n) is 17.7. The third kappa shape index (κ3) is 5.10. The number of rotatable bonds is 8. The number of nitrogens with one attached hydrogen (secondary N) is 2. The van der Waals surface area contributed by atoms with E-state index in [1.54, 1.807) is 6.20 Å². The van der Waals surface area contributed by atoms with E-state index in [2.05, 4.69) is 20.6 Å². The lowest BCUT2D eigenvalue weighted by Gasteiger charge is -2.18. The minimum Gasteiger partial charge on any atom is -0.481 e. The van der Waals surface area contributed by atoms with Crippen molar-refractivity contribution in [1.82, 2.24) is 9.97 Å². The lowest BCUT2D eigenvalue weighted by Crippen LogP contribution is -2.17. The van der Waals surface area contributed by atoms with Crippen molar-refractivity contribution in [2.24, 2.45) is 0 Å². The standard InChI is InChI=1S/C26H24N4O2/c1-18-10-8-9-15-22(18)23(25(31)32)16-19-17-27-26(29-21-13-6-3-7-14-21)30-24(19)28-20-11-4-2-5-12-20/h2-15,17,23H,16H2,1H3,(H,31,32)(H2,27,28,29,30). The molecule has 0 bridgehead atoms. The van der Waals surface area contributed by atoms with Crippen LogP contribution in [0.4, 0.5) is 23.1 Å². The summed E-state index contributed by atoms with van der Waals surface area (Å²) in [6.45, 7) is 1.93. The van der Waals surface area contributed by atoms with Crippen LogP contribution in [0.1, 0.15) is 22.6 Å². The van der Waals surface area contributed by atoms with Crippen LogP contribution in [0.25, 0.3) is 0 Å². The van der Waals surface area contributed by atoms with Gasteiger partial charge in [0.25, 0.3) is 0 Å². The first-order chi connectivity index (χ1) is 15.6. The Kier molecular flexibility index (Phi) is 6.41. The summed E-state index contributed by atoms with van der Waals surface area (Å²) >= 11 is 0. The van der Waals surface area contributed by atoms with Gasteiger partial charge in [-0.25, -0.2) is 4.98 Å². The monoisotopic (exact) mass is 424 g/mol. The number of carboxylic acid groups (broad SMARTS) is 1. The Morgan fingerprint density at radius 1 is 0.875 bits per heavy atom. The number of nitrogens with zero attached hydrogens (tertiary/aromatic N) is 2. The summed E-state index contributed by atoms with van der Waals surface area (Å²) in [5.74, 6) is -0.578. The molecule has 0 aliphatic rings. The first-order valence-electron chi connectivity index (χ1n) is 10.4. The van der Waals surface area contributed by atoms with Crippen molar-refractivity contribution >= 4 is 29.1 Å². The number of para-hydroxylation sites is 2. The molecule has 3 N–H and O–H groups in total. The van der Waals surface area contributed by atoms with E-state index < -0.39 is 11.9 Å². The predicted octanol–water partition coefficient (Wildman–Crippen LogP) is 5.68. The summed E-state index contributed by atoms with van der Waals surface area (Å²) in [6, 6.07) is 26.9. The van der Waals surface area contributed by atoms with Gasteiger partial charge < -0.3 is 15.7 Å². The Hall–Kier alpha value is -4.19. The maximum atomic E-state index is 12.2. The summed E-state index contributed by atoms with van der Waals surface area (Å²) in [7, 11) is 0. The van der Waals surface area contributed by atoms with Gasteiger partial charge in [-0.3, -0.25) is 4.79 Å². The molecular weight excluding hydrogens is 400 g/mol. The third-order valence-electron chi connectivity index (χ3n) is 5.22. The average molecular weight is 425 g/mol. The lowest BCUT2D eigenvalue weighted by atomic mass is 9.89. The summed E-state index contributed by atoms with van der Waals surface area (Å²) < 4.78 is 0. The van der Waals surface area contributed by atoms with Crippen molar-refractivity contribution in [3.05, 3.63) is 108 Å². The third-order valence-corrected chi connectivity index (χ3v) is 5.22. The number of carbonyl (C=O) groups is 1. The van der Waals surface area contributed by atoms with E-state index in [1.165, 1.54) is 0 Å². The molecule has 0 saturated heterocycles. The minimum atomic E-state index is -0.878. The molecule has 0 radical (unpaired) electrons. The molecule has 0 spiro atoms. The highest BCUT2D eigenvalue weighted by Crippen LogP contribution is 2.29. The smallest absolute Gasteiger partial charge is 0.311 e. The number of hydrogen-bond donors (Lipinski definition) is 3. The van der Waals surface area contributed by atoms with Crippen LogP contribution in [-0.2, 0) is 11.2 Å². The van der Waals surface area contributed by atoms with Gasteiger partial charge in [0.1, 0.15) is 5.82 Å². The van der Waals surface area contributed by atoms with Crippen LogP contribution in [0.5, 0.6) is 0 Å². The van der Waals surface area contributed by atoms with Crippen LogP contribution in [-0.4, -0.2) is 21.0 Å². The fraction of sp³-hybridized carbons (Fsp3) is 0.115. The Balaban J connectivity index is 1.69. The Morgan fingerprint density at radius 3 is 2.09 bits per heavy atom. The quantitative estimate of drug-likeness (QED) is 0.337. The predicted molar refractivity (Wildman–Crippen MR) is 127 cm³/mol. The largest absolute Gasteiger partial charge is 0.481 e. The van der Waals surface area contributed by atoms with E-state index in [1.807, 2.05) is 91.9 Å². The molecule has 6 heteroatoms. The first kappa shape index (κ1) is 21.1. The van der Waals surface area contributed by atoms with Crippen LogP contribution in [0.3, 0.4) is 0 Å². The second-order valence-electron chi connectivity index (χ2n) is 7.50. The fourth-order valence-electron chi connectivity index (χ4n) is 3.56. The van der Waals surface area contributed by atoms with E-state index in [0.717, 1.165) is 28.1 Å². The van der Waals surface area contributed by atoms with Gasteiger partial charge in [0.05, 0.1) is 5.92 Å².